The lowest BCUT2D eigenvalue weighted by Crippen LogP contribution is -2.22. The van der Waals surface area contributed by atoms with Crippen LogP contribution in [0.2, 0.25) is 0 Å². The van der Waals surface area contributed by atoms with Gasteiger partial charge in [0, 0.05) is 22.4 Å². The first kappa shape index (κ1) is 23.0. The summed E-state index contributed by atoms with van der Waals surface area (Å²) in [6.45, 7) is 6.19. The van der Waals surface area contributed by atoms with Crippen LogP contribution in [0.25, 0.3) is 17.0 Å². The predicted molar refractivity (Wildman–Crippen MR) is 138 cm³/mol. The smallest absolute Gasteiger partial charge is 0.248 e. The molecule has 0 unspecified atom stereocenters. The minimum Gasteiger partial charge on any atom is -0.496 e. The van der Waals surface area contributed by atoms with Crippen LogP contribution < -0.4 is 15.8 Å². The van der Waals surface area contributed by atoms with E-state index in [1.165, 1.54) is 6.08 Å². The van der Waals surface area contributed by atoms with Crippen molar-refractivity contribution in [2.45, 2.75) is 26.2 Å². The Morgan fingerprint density at radius 3 is 2.53 bits per heavy atom. The zero-order valence-electron chi connectivity index (χ0n) is 19.8. The highest BCUT2D eigenvalue weighted by Gasteiger charge is 2.28. The maximum atomic E-state index is 12.5. The van der Waals surface area contributed by atoms with Crippen molar-refractivity contribution in [1.29, 1.82) is 0 Å². The second kappa shape index (κ2) is 9.35. The molecule has 3 N–H and O–H groups in total. The van der Waals surface area contributed by atoms with Crippen LogP contribution in [0.3, 0.4) is 0 Å². The van der Waals surface area contributed by atoms with Gasteiger partial charge in [0.25, 0.3) is 0 Å². The number of methoxy groups -OCH3 is 1. The first-order valence-electron chi connectivity index (χ1n) is 11.1. The van der Waals surface area contributed by atoms with E-state index in [1.54, 1.807) is 25.3 Å². The van der Waals surface area contributed by atoms with Crippen LogP contribution in [0, 0.1) is 6.92 Å². The summed E-state index contributed by atoms with van der Waals surface area (Å²) >= 11 is 0. The number of nitrogens with one attached hydrogen (secondary N) is 1. The topological polar surface area (TPSA) is 90.1 Å². The normalized spacial score (nSPS) is 11.6. The molecule has 0 atom stereocenters. The SMILES string of the molecule is COc1ccc(C(C)(C)c2nc(C)nc3ccccc23)cc1/C=C/C(=O)Nc1ccccc1N. The van der Waals surface area contributed by atoms with Crippen molar-refractivity contribution in [2.24, 2.45) is 0 Å². The third kappa shape index (κ3) is 4.62. The van der Waals surface area contributed by atoms with Crippen LogP contribution in [0.1, 0.15) is 36.5 Å². The molecular formula is C28H28N4O2. The number of carbonyl (C=O) groups excluding carboxylic acids is 1. The van der Waals surface area contributed by atoms with Crippen LogP contribution in [-0.4, -0.2) is 23.0 Å². The summed E-state index contributed by atoms with van der Waals surface area (Å²) in [5, 5.41) is 3.83. The van der Waals surface area contributed by atoms with E-state index in [9.17, 15) is 4.79 Å². The first-order valence-corrected chi connectivity index (χ1v) is 11.1. The monoisotopic (exact) mass is 452 g/mol. The summed E-state index contributed by atoms with van der Waals surface area (Å²) in [5.41, 5.74) is 10.3. The Labute approximate surface area is 199 Å². The maximum absolute atomic E-state index is 12.5. The van der Waals surface area contributed by atoms with Gasteiger partial charge in [-0.3, -0.25) is 4.79 Å². The van der Waals surface area contributed by atoms with Gasteiger partial charge in [0.15, 0.2) is 0 Å². The van der Waals surface area contributed by atoms with Crippen molar-refractivity contribution < 1.29 is 9.53 Å². The number of carbonyl (C=O) groups is 1. The van der Waals surface area contributed by atoms with Crippen LogP contribution in [-0.2, 0) is 10.2 Å². The number of hydrogen-bond donors (Lipinski definition) is 2. The first-order chi connectivity index (χ1) is 16.3. The van der Waals surface area contributed by atoms with Crippen molar-refractivity contribution in [3.63, 3.8) is 0 Å². The molecule has 4 rings (SSSR count). The molecule has 0 fully saturated rings. The Bertz CT molecular complexity index is 1390. The van der Waals surface area contributed by atoms with Gasteiger partial charge < -0.3 is 15.8 Å². The van der Waals surface area contributed by atoms with Gasteiger partial charge in [-0.2, -0.15) is 0 Å². The molecule has 0 saturated heterocycles. The summed E-state index contributed by atoms with van der Waals surface area (Å²) < 4.78 is 5.55. The second-order valence-electron chi connectivity index (χ2n) is 8.63. The van der Waals surface area contributed by atoms with Gasteiger partial charge in [0.1, 0.15) is 11.6 Å². The van der Waals surface area contributed by atoms with E-state index in [-0.39, 0.29) is 5.91 Å². The lowest BCUT2D eigenvalue weighted by atomic mass is 9.79. The minimum atomic E-state index is -0.414. The van der Waals surface area contributed by atoms with Gasteiger partial charge in [-0.25, -0.2) is 9.97 Å². The number of fused-ring (bicyclic) bond motifs is 1. The van der Waals surface area contributed by atoms with Gasteiger partial charge in [-0.05, 0) is 48.9 Å². The molecule has 4 aromatic rings. The lowest BCUT2D eigenvalue weighted by Gasteiger charge is -2.27. The molecular weight excluding hydrogens is 424 g/mol. The predicted octanol–water partition coefficient (Wildman–Crippen LogP) is 5.51. The molecule has 0 aliphatic carbocycles. The number of nitrogens with zero attached hydrogens (tertiary/aromatic N) is 2. The van der Waals surface area contributed by atoms with E-state index in [4.69, 9.17) is 15.5 Å². The molecule has 3 aromatic carbocycles. The highest BCUT2D eigenvalue weighted by Crippen LogP contribution is 2.36. The third-order valence-electron chi connectivity index (χ3n) is 5.89. The number of ether oxygens (including phenoxy) is 1. The van der Waals surface area contributed by atoms with Gasteiger partial charge in [0.05, 0.1) is 29.7 Å². The number of aromatic nitrogens is 2. The fourth-order valence-corrected chi connectivity index (χ4v) is 4.01. The zero-order chi connectivity index (χ0) is 24.3. The van der Waals surface area contributed by atoms with E-state index in [2.05, 4.69) is 30.2 Å². The van der Waals surface area contributed by atoms with E-state index >= 15 is 0 Å². The van der Waals surface area contributed by atoms with Crippen LogP contribution in [0.5, 0.6) is 5.75 Å². The number of hydrogen-bond acceptors (Lipinski definition) is 5. The Balaban J connectivity index is 1.69. The van der Waals surface area contributed by atoms with E-state index < -0.39 is 5.41 Å². The quantitative estimate of drug-likeness (QED) is 0.297. The largest absolute Gasteiger partial charge is 0.496 e. The van der Waals surface area contributed by atoms with Crippen LogP contribution in [0.15, 0.2) is 72.8 Å². The Kier molecular flexibility index (Phi) is 6.32. The molecule has 34 heavy (non-hydrogen) atoms. The van der Waals surface area contributed by atoms with E-state index in [1.807, 2.05) is 55.5 Å². The second-order valence-corrected chi connectivity index (χ2v) is 8.63. The fraction of sp³-hybridized carbons (Fsp3) is 0.179. The number of rotatable bonds is 6. The Hall–Kier alpha value is -4.19. The summed E-state index contributed by atoms with van der Waals surface area (Å²) in [4.78, 5) is 21.9. The van der Waals surface area contributed by atoms with Gasteiger partial charge in [-0.15, -0.1) is 0 Å². The molecule has 0 aliphatic rings. The standard InChI is InChI=1S/C28H28N4O2/c1-18-30-23-11-7-5-9-21(23)27(31-18)28(2,3)20-14-15-25(34-4)19(17-20)13-16-26(33)32-24-12-8-6-10-22(24)29/h5-17H,29H2,1-4H3,(H,32,33)/b16-13+. The van der Waals surface area contributed by atoms with Crippen molar-refractivity contribution in [3.8, 4) is 5.75 Å². The zero-order valence-corrected chi connectivity index (χ0v) is 19.8. The van der Waals surface area contributed by atoms with Crippen LogP contribution >= 0.6 is 0 Å². The molecule has 1 amide bonds. The summed E-state index contributed by atoms with van der Waals surface area (Å²) in [6.07, 6.45) is 3.22. The fourth-order valence-electron chi connectivity index (χ4n) is 4.01. The highest BCUT2D eigenvalue weighted by atomic mass is 16.5. The van der Waals surface area contributed by atoms with Crippen molar-refractivity contribution in [1.82, 2.24) is 9.97 Å². The number of para-hydroxylation sites is 3. The van der Waals surface area contributed by atoms with Crippen LogP contribution in [0.4, 0.5) is 11.4 Å². The van der Waals surface area contributed by atoms with E-state index in [0.717, 1.165) is 33.5 Å². The molecule has 6 heteroatoms. The number of amides is 1. The van der Waals surface area contributed by atoms with Crippen molar-refractivity contribution in [2.75, 3.05) is 18.2 Å². The molecule has 0 aliphatic heterocycles. The average Bonchev–Trinajstić information content (AvgIpc) is 2.83. The Morgan fingerprint density at radius 1 is 1.03 bits per heavy atom. The van der Waals surface area contributed by atoms with Crippen molar-refractivity contribution >= 4 is 34.3 Å². The molecule has 172 valence electrons. The average molecular weight is 453 g/mol. The molecule has 0 saturated carbocycles. The number of aryl methyl sites for hydroxylation is 1. The van der Waals surface area contributed by atoms with Gasteiger partial charge in [-0.1, -0.05) is 50.2 Å². The maximum Gasteiger partial charge on any atom is 0.248 e. The number of anilines is 2. The molecule has 0 spiro atoms. The van der Waals surface area contributed by atoms with E-state index in [0.29, 0.717) is 17.1 Å². The summed E-state index contributed by atoms with van der Waals surface area (Å²) in [6, 6.07) is 21.2. The minimum absolute atomic E-state index is 0.276. The lowest BCUT2D eigenvalue weighted by molar-refractivity contribution is -0.111. The molecule has 0 bridgehead atoms. The summed E-state index contributed by atoms with van der Waals surface area (Å²) in [5.74, 6) is 1.13. The van der Waals surface area contributed by atoms with Crippen molar-refractivity contribution in [3.05, 3.63) is 95.5 Å². The summed E-state index contributed by atoms with van der Waals surface area (Å²) in [7, 11) is 1.61. The molecule has 0 radical (unpaired) electrons. The number of nitrogen functional groups attached to an aromatic ring is 1. The van der Waals surface area contributed by atoms with Gasteiger partial charge >= 0.3 is 0 Å². The molecule has 1 aromatic heterocycles. The number of nitrogens with two attached hydrogens (primary N) is 1. The molecule has 6 nitrogen and oxygen atoms in total. The highest BCUT2D eigenvalue weighted by molar-refractivity contribution is 6.03. The Morgan fingerprint density at radius 2 is 1.76 bits per heavy atom. The molecule has 1 heterocycles. The third-order valence-corrected chi connectivity index (χ3v) is 5.89. The number of benzene rings is 3. The van der Waals surface area contributed by atoms with Gasteiger partial charge in [0.2, 0.25) is 5.91 Å².